The van der Waals surface area contributed by atoms with Gasteiger partial charge in [-0.15, -0.1) is 0 Å². The zero-order valence-corrected chi connectivity index (χ0v) is 7.27. The van der Waals surface area contributed by atoms with Crippen LogP contribution in [-0.2, 0) is 0 Å². The van der Waals surface area contributed by atoms with Gasteiger partial charge in [-0.1, -0.05) is 0 Å². The monoisotopic (exact) mass is 185 g/mol. The first-order valence-electron chi connectivity index (χ1n) is 3.95. The molecule has 0 amide bonds. The Labute approximate surface area is 75.9 Å². The highest BCUT2D eigenvalue weighted by Crippen LogP contribution is 2.12. The first-order chi connectivity index (χ1) is 6.09. The molecule has 13 heavy (non-hydrogen) atoms. The first kappa shape index (κ1) is 9.95. The molecule has 0 fully saturated rings. The Morgan fingerprint density at radius 1 is 1.38 bits per heavy atom. The predicted octanol–water partition coefficient (Wildman–Crippen LogP) is 0.870. The third kappa shape index (κ3) is 3.01. The summed E-state index contributed by atoms with van der Waals surface area (Å²) in [5.74, 6) is 0.104. The topological polar surface area (TPSA) is 55.5 Å². The number of rotatable bonds is 3. The number of benzene rings is 1. The van der Waals surface area contributed by atoms with Crippen molar-refractivity contribution in [1.82, 2.24) is 0 Å². The fraction of sp³-hybridized carbons (Fsp3) is 0.333. The fourth-order valence-electron chi connectivity index (χ4n) is 0.769. The maximum Gasteiger partial charge on any atom is 0.173 e. The van der Waals surface area contributed by atoms with Crippen molar-refractivity contribution in [3.05, 3.63) is 30.1 Å². The highest BCUT2D eigenvalue weighted by molar-refractivity contribution is 5.22. The molecule has 0 aliphatic rings. The quantitative estimate of drug-likeness (QED) is 0.687. The maximum absolute atomic E-state index is 12.4. The van der Waals surface area contributed by atoms with Gasteiger partial charge in [0.2, 0.25) is 0 Å². The van der Waals surface area contributed by atoms with Crippen molar-refractivity contribution < 1.29 is 14.2 Å². The highest BCUT2D eigenvalue weighted by atomic mass is 19.1. The van der Waals surface area contributed by atoms with E-state index in [1.54, 1.807) is 0 Å². The lowest BCUT2D eigenvalue weighted by atomic mass is 10.3. The predicted molar refractivity (Wildman–Crippen MR) is 46.7 cm³/mol. The molecule has 0 aliphatic heterocycles. The van der Waals surface area contributed by atoms with Crippen LogP contribution in [0.3, 0.4) is 0 Å². The van der Waals surface area contributed by atoms with Crippen LogP contribution < -0.4 is 10.5 Å². The van der Waals surface area contributed by atoms with Gasteiger partial charge in [0, 0.05) is 0 Å². The lowest BCUT2D eigenvalue weighted by Crippen LogP contribution is -2.37. The minimum atomic E-state index is -0.787. The molecule has 0 radical (unpaired) electrons. The molecule has 72 valence electrons. The van der Waals surface area contributed by atoms with Crippen molar-refractivity contribution in [2.75, 3.05) is 0 Å². The summed E-state index contributed by atoms with van der Waals surface area (Å²) in [6, 6.07) is 5.45. The molecule has 0 spiro atoms. The summed E-state index contributed by atoms with van der Waals surface area (Å²) in [6.07, 6.45) is -1.55. The molecule has 0 aromatic heterocycles. The van der Waals surface area contributed by atoms with E-state index in [2.05, 4.69) is 0 Å². The molecule has 2 unspecified atom stereocenters. The number of aliphatic hydroxyl groups excluding tert-OH is 1. The Kier molecular flexibility index (Phi) is 3.22. The van der Waals surface area contributed by atoms with Crippen LogP contribution in [0.2, 0.25) is 0 Å². The number of ether oxygens (including phenoxy) is 1. The average Bonchev–Trinajstić information content (AvgIpc) is 2.08. The second-order valence-corrected chi connectivity index (χ2v) is 2.78. The van der Waals surface area contributed by atoms with Gasteiger partial charge in [0.25, 0.3) is 0 Å². The third-order valence-corrected chi connectivity index (χ3v) is 1.56. The SMILES string of the molecule is CC(O)C(N)Oc1ccc(F)cc1. The minimum absolute atomic E-state index is 0.335. The van der Waals surface area contributed by atoms with Crippen LogP contribution in [-0.4, -0.2) is 17.4 Å². The largest absolute Gasteiger partial charge is 0.473 e. The lowest BCUT2D eigenvalue weighted by Gasteiger charge is -2.16. The van der Waals surface area contributed by atoms with Gasteiger partial charge < -0.3 is 9.84 Å². The molecule has 4 heteroatoms. The number of nitrogens with two attached hydrogens (primary N) is 1. The Hall–Kier alpha value is -1.13. The van der Waals surface area contributed by atoms with E-state index in [4.69, 9.17) is 15.6 Å². The highest BCUT2D eigenvalue weighted by Gasteiger charge is 2.10. The molecule has 1 aromatic carbocycles. The van der Waals surface area contributed by atoms with Crippen molar-refractivity contribution in [3.63, 3.8) is 0 Å². The molecular weight excluding hydrogens is 173 g/mol. The van der Waals surface area contributed by atoms with Gasteiger partial charge in [0.05, 0.1) is 0 Å². The second-order valence-electron chi connectivity index (χ2n) is 2.78. The van der Waals surface area contributed by atoms with Gasteiger partial charge in [-0.2, -0.15) is 0 Å². The van der Waals surface area contributed by atoms with E-state index in [1.165, 1.54) is 31.2 Å². The van der Waals surface area contributed by atoms with Crippen molar-refractivity contribution in [2.45, 2.75) is 19.3 Å². The van der Waals surface area contributed by atoms with E-state index < -0.39 is 12.3 Å². The first-order valence-corrected chi connectivity index (χ1v) is 3.95. The Balaban J connectivity index is 2.59. The van der Waals surface area contributed by atoms with E-state index in [-0.39, 0.29) is 5.82 Å². The normalized spacial score (nSPS) is 15.1. The summed E-state index contributed by atoms with van der Waals surface area (Å²) in [5.41, 5.74) is 5.42. The maximum atomic E-state index is 12.4. The molecule has 3 N–H and O–H groups in total. The summed E-state index contributed by atoms with van der Waals surface area (Å²) in [7, 11) is 0. The Bertz CT molecular complexity index is 261. The van der Waals surface area contributed by atoms with E-state index in [9.17, 15) is 4.39 Å². The zero-order valence-electron chi connectivity index (χ0n) is 7.27. The van der Waals surface area contributed by atoms with E-state index in [0.29, 0.717) is 5.75 Å². The van der Waals surface area contributed by atoms with E-state index >= 15 is 0 Å². The molecule has 1 rings (SSSR count). The van der Waals surface area contributed by atoms with E-state index in [1.807, 2.05) is 0 Å². The summed E-state index contributed by atoms with van der Waals surface area (Å²) in [5, 5.41) is 9.01. The molecule has 3 nitrogen and oxygen atoms in total. The number of hydrogen-bond acceptors (Lipinski definition) is 3. The van der Waals surface area contributed by atoms with Crippen LogP contribution in [0.5, 0.6) is 5.75 Å². The number of aliphatic hydroxyl groups is 1. The summed E-state index contributed by atoms with van der Waals surface area (Å²) >= 11 is 0. The summed E-state index contributed by atoms with van der Waals surface area (Å²) in [4.78, 5) is 0. The summed E-state index contributed by atoms with van der Waals surface area (Å²) in [6.45, 7) is 1.52. The Morgan fingerprint density at radius 2 is 1.92 bits per heavy atom. The number of hydrogen-bond donors (Lipinski definition) is 2. The average molecular weight is 185 g/mol. The van der Waals surface area contributed by atoms with Crippen LogP contribution in [0.1, 0.15) is 6.92 Å². The van der Waals surface area contributed by atoms with Gasteiger partial charge >= 0.3 is 0 Å². The molecule has 0 bridgehead atoms. The third-order valence-electron chi connectivity index (χ3n) is 1.56. The van der Waals surface area contributed by atoms with E-state index in [0.717, 1.165) is 0 Å². The van der Waals surface area contributed by atoms with Gasteiger partial charge in [0.15, 0.2) is 6.23 Å². The molecule has 0 saturated carbocycles. The van der Waals surface area contributed by atoms with Crippen molar-refractivity contribution in [1.29, 1.82) is 0 Å². The zero-order chi connectivity index (χ0) is 9.84. The standard InChI is InChI=1S/C9H12FNO2/c1-6(12)9(11)13-8-4-2-7(10)3-5-8/h2-6,9,12H,11H2,1H3. The van der Waals surface area contributed by atoms with Crippen LogP contribution in [0, 0.1) is 5.82 Å². The molecular formula is C9H12FNO2. The molecule has 0 heterocycles. The fourth-order valence-corrected chi connectivity index (χ4v) is 0.769. The van der Waals surface area contributed by atoms with Gasteiger partial charge in [0.1, 0.15) is 17.7 Å². The lowest BCUT2D eigenvalue weighted by molar-refractivity contribution is 0.0528. The van der Waals surface area contributed by atoms with Crippen LogP contribution in [0.4, 0.5) is 4.39 Å². The molecule has 1 aromatic rings. The Morgan fingerprint density at radius 3 is 2.38 bits per heavy atom. The van der Waals surface area contributed by atoms with Crippen LogP contribution >= 0.6 is 0 Å². The van der Waals surface area contributed by atoms with Gasteiger partial charge in [-0.25, -0.2) is 4.39 Å². The molecule has 0 saturated heterocycles. The minimum Gasteiger partial charge on any atom is -0.473 e. The van der Waals surface area contributed by atoms with Crippen molar-refractivity contribution in [3.8, 4) is 5.75 Å². The summed E-state index contributed by atoms with van der Waals surface area (Å²) < 4.78 is 17.5. The van der Waals surface area contributed by atoms with Gasteiger partial charge in [-0.05, 0) is 31.2 Å². The van der Waals surface area contributed by atoms with Crippen LogP contribution in [0.25, 0.3) is 0 Å². The smallest absolute Gasteiger partial charge is 0.173 e. The van der Waals surface area contributed by atoms with Crippen molar-refractivity contribution >= 4 is 0 Å². The molecule has 0 aliphatic carbocycles. The number of halogens is 1. The molecule has 2 atom stereocenters. The van der Waals surface area contributed by atoms with Crippen molar-refractivity contribution in [2.24, 2.45) is 5.73 Å². The second kappa shape index (κ2) is 4.20. The van der Waals surface area contributed by atoms with Crippen LogP contribution in [0.15, 0.2) is 24.3 Å². The van der Waals surface area contributed by atoms with Gasteiger partial charge in [-0.3, -0.25) is 5.73 Å².